The number of nitrogens with zero attached hydrogens (tertiary/aromatic N) is 1. The molecule has 0 bridgehead atoms. The predicted octanol–water partition coefficient (Wildman–Crippen LogP) is 3.35. The number of nitrogens with one attached hydrogen (secondary N) is 2. The van der Waals surface area contributed by atoms with E-state index in [0.717, 1.165) is 11.3 Å². The lowest BCUT2D eigenvalue weighted by molar-refractivity contribution is -0.134. The van der Waals surface area contributed by atoms with Gasteiger partial charge in [-0.25, -0.2) is 0 Å². The first-order chi connectivity index (χ1) is 12.4. The van der Waals surface area contributed by atoms with Crippen molar-refractivity contribution in [3.8, 4) is 0 Å². The second kappa shape index (κ2) is 7.20. The van der Waals surface area contributed by atoms with Crippen LogP contribution in [0.5, 0.6) is 0 Å². The number of hydrogen-bond donors (Lipinski definition) is 2. The van der Waals surface area contributed by atoms with Gasteiger partial charge in [-0.15, -0.1) is 0 Å². The molecule has 1 saturated carbocycles. The molecule has 0 radical (unpaired) electrons. The molecule has 26 heavy (non-hydrogen) atoms. The summed E-state index contributed by atoms with van der Waals surface area (Å²) >= 11 is 0. The van der Waals surface area contributed by atoms with E-state index >= 15 is 0 Å². The largest absolute Gasteiger partial charge is 0.378 e. The Labute approximate surface area is 154 Å². The topological polar surface area (TPSA) is 61.4 Å². The fraction of sp³-hybridized carbons (Fsp3) is 0.333. The molecular formula is C21H25N3O2. The van der Waals surface area contributed by atoms with Crippen molar-refractivity contribution in [1.82, 2.24) is 5.32 Å². The van der Waals surface area contributed by atoms with Crippen molar-refractivity contribution in [1.29, 1.82) is 0 Å². The summed E-state index contributed by atoms with van der Waals surface area (Å²) in [7, 11) is 3.93. The van der Waals surface area contributed by atoms with Crippen LogP contribution in [0.2, 0.25) is 0 Å². The average molecular weight is 351 g/mol. The summed E-state index contributed by atoms with van der Waals surface area (Å²) in [4.78, 5) is 27.4. The van der Waals surface area contributed by atoms with Gasteiger partial charge in [0, 0.05) is 25.5 Å². The van der Waals surface area contributed by atoms with E-state index in [0.29, 0.717) is 18.5 Å². The van der Waals surface area contributed by atoms with Crippen molar-refractivity contribution in [3.05, 3.63) is 60.2 Å². The normalized spacial score (nSPS) is 15.7. The summed E-state index contributed by atoms with van der Waals surface area (Å²) < 4.78 is 0. The van der Waals surface area contributed by atoms with E-state index in [9.17, 15) is 9.59 Å². The summed E-state index contributed by atoms with van der Waals surface area (Å²) in [6.07, 6.45) is 1.17. The smallest absolute Gasteiger partial charge is 0.240 e. The Bertz CT molecular complexity index is 781. The molecular weight excluding hydrogens is 326 g/mol. The SMILES string of the molecule is CC(NC(=O)C1(C(=O)Nc2ccc(N(C)C)cc2)CC1)c1ccccc1. The summed E-state index contributed by atoms with van der Waals surface area (Å²) in [5.74, 6) is -0.427. The highest BCUT2D eigenvalue weighted by molar-refractivity contribution is 6.13. The zero-order valence-electron chi connectivity index (χ0n) is 15.5. The zero-order chi connectivity index (χ0) is 18.7. The lowest BCUT2D eigenvalue weighted by Crippen LogP contribution is -2.41. The standard InChI is InChI=1S/C21H25N3O2/c1-15(16-7-5-4-6-8-16)22-19(25)21(13-14-21)20(26)23-17-9-11-18(12-10-17)24(2)3/h4-12,15H,13-14H2,1-3H3,(H,22,25)(H,23,26). The van der Waals surface area contributed by atoms with Crippen LogP contribution in [-0.2, 0) is 9.59 Å². The molecule has 5 heteroatoms. The quantitative estimate of drug-likeness (QED) is 0.785. The number of carbonyl (C=O) groups excluding carboxylic acids is 2. The summed E-state index contributed by atoms with van der Waals surface area (Å²) in [6, 6.07) is 17.2. The Morgan fingerprint density at radius 2 is 1.58 bits per heavy atom. The van der Waals surface area contributed by atoms with Crippen LogP contribution in [0.3, 0.4) is 0 Å². The minimum absolute atomic E-state index is 0.131. The third-order valence-corrected chi connectivity index (χ3v) is 4.91. The molecule has 2 aromatic rings. The number of benzene rings is 2. The van der Waals surface area contributed by atoms with Gasteiger partial charge in [-0.1, -0.05) is 30.3 Å². The lowest BCUT2D eigenvalue weighted by Gasteiger charge is -2.20. The maximum Gasteiger partial charge on any atom is 0.240 e. The van der Waals surface area contributed by atoms with E-state index in [4.69, 9.17) is 0 Å². The molecule has 0 saturated heterocycles. The Hall–Kier alpha value is -2.82. The Kier molecular flexibility index (Phi) is 4.98. The van der Waals surface area contributed by atoms with Gasteiger partial charge >= 0.3 is 0 Å². The van der Waals surface area contributed by atoms with E-state index in [1.54, 1.807) is 0 Å². The lowest BCUT2D eigenvalue weighted by atomic mass is 10.0. The van der Waals surface area contributed by atoms with Gasteiger partial charge in [0.1, 0.15) is 5.41 Å². The highest BCUT2D eigenvalue weighted by atomic mass is 16.2. The van der Waals surface area contributed by atoms with E-state index in [2.05, 4.69) is 10.6 Å². The van der Waals surface area contributed by atoms with Gasteiger partial charge in [0.25, 0.3) is 0 Å². The number of rotatable bonds is 6. The number of amides is 2. The average Bonchev–Trinajstić information content (AvgIpc) is 3.45. The molecule has 1 atom stereocenters. The van der Waals surface area contributed by atoms with Crippen molar-refractivity contribution < 1.29 is 9.59 Å². The fourth-order valence-corrected chi connectivity index (χ4v) is 2.94. The van der Waals surface area contributed by atoms with E-state index in [1.807, 2.05) is 80.5 Å². The van der Waals surface area contributed by atoms with Crippen LogP contribution in [-0.4, -0.2) is 25.9 Å². The van der Waals surface area contributed by atoms with Gasteiger partial charge in [0.2, 0.25) is 11.8 Å². The van der Waals surface area contributed by atoms with Crippen LogP contribution in [0.25, 0.3) is 0 Å². The van der Waals surface area contributed by atoms with Crippen LogP contribution in [0.4, 0.5) is 11.4 Å². The maximum atomic E-state index is 12.7. The van der Waals surface area contributed by atoms with E-state index in [1.165, 1.54) is 0 Å². The summed E-state index contributed by atoms with van der Waals surface area (Å²) in [5.41, 5.74) is 1.84. The minimum atomic E-state index is -0.941. The van der Waals surface area contributed by atoms with Gasteiger partial charge in [-0.05, 0) is 49.6 Å². The molecule has 136 valence electrons. The van der Waals surface area contributed by atoms with Crippen molar-refractivity contribution in [2.75, 3.05) is 24.3 Å². The highest BCUT2D eigenvalue weighted by Gasteiger charge is 2.56. The molecule has 2 amide bonds. The fourth-order valence-electron chi connectivity index (χ4n) is 2.94. The van der Waals surface area contributed by atoms with Crippen molar-refractivity contribution >= 4 is 23.2 Å². The predicted molar refractivity (Wildman–Crippen MR) is 104 cm³/mol. The summed E-state index contributed by atoms with van der Waals surface area (Å²) in [5, 5.41) is 5.87. The molecule has 5 nitrogen and oxygen atoms in total. The van der Waals surface area contributed by atoms with Crippen LogP contribution in [0, 0.1) is 5.41 Å². The van der Waals surface area contributed by atoms with Crippen LogP contribution in [0.1, 0.15) is 31.4 Å². The first-order valence-electron chi connectivity index (χ1n) is 8.87. The number of carbonyl (C=O) groups is 2. The molecule has 2 aromatic carbocycles. The first kappa shape index (κ1) is 18.0. The Balaban J connectivity index is 1.64. The van der Waals surface area contributed by atoms with Crippen LogP contribution >= 0.6 is 0 Å². The maximum absolute atomic E-state index is 12.7. The Morgan fingerprint density at radius 3 is 2.12 bits per heavy atom. The molecule has 0 heterocycles. The molecule has 0 aliphatic heterocycles. The summed E-state index contributed by atoms with van der Waals surface area (Å²) in [6.45, 7) is 1.93. The van der Waals surface area contributed by atoms with Gasteiger partial charge < -0.3 is 15.5 Å². The first-order valence-corrected chi connectivity index (χ1v) is 8.87. The zero-order valence-corrected chi connectivity index (χ0v) is 15.5. The van der Waals surface area contributed by atoms with Gasteiger partial charge in [-0.3, -0.25) is 9.59 Å². The monoisotopic (exact) mass is 351 g/mol. The van der Waals surface area contributed by atoms with Gasteiger partial charge in [0.15, 0.2) is 0 Å². The third-order valence-electron chi connectivity index (χ3n) is 4.91. The second-order valence-electron chi connectivity index (χ2n) is 7.08. The molecule has 2 N–H and O–H groups in total. The van der Waals surface area contributed by atoms with E-state index in [-0.39, 0.29) is 17.9 Å². The van der Waals surface area contributed by atoms with Crippen molar-refractivity contribution in [2.24, 2.45) is 5.41 Å². The molecule has 1 aliphatic rings. The van der Waals surface area contributed by atoms with Crippen LogP contribution < -0.4 is 15.5 Å². The minimum Gasteiger partial charge on any atom is -0.378 e. The molecule has 0 aromatic heterocycles. The molecule has 0 spiro atoms. The molecule has 1 aliphatic carbocycles. The molecule has 3 rings (SSSR count). The second-order valence-corrected chi connectivity index (χ2v) is 7.08. The molecule has 1 fully saturated rings. The van der Waals surface area contributed by atoms with Crippen LogP contribution in [0.15, 0.2) is 54.6 Å². The number of anilines is 2. The highest BCUT2D eigenvalue weighted by Crippen LogP contribution is 2.47. The third kappa shape index (κ3) is 3.72. The Morgan fingerprint density at radius 1 is 0.962 bits per heavy atom. The molecule has 1 unspecified atom stereocenters. The van der Waals surface area contributed by atoms with E-state index < -0.39 is 5.41 Å². The van der Waals surface area contributed by atoms with Crippen molar-refractivity contribution in [2.45, 2.75) is 25.8 Å². The van der Waals surface area contributed by atoms with Crippen molar-refractivity contribution in [3.63, 3.8) is 0 Å². The van der Waals surface area contributed by atoms with Gasteiger partial charge in [-0.2, -0.15) is 0 Å². The van der Waals surface area contributed by atoms with Gasteiger partial charge in [0.05, 0.1) is 6.04 Å². The number of hydrogen-bond acceptors (Lipinski definition) is 3.